The summed E-state index contributed by atoms with van der Waals surface area (Å²) in [5, 5.41) is 2.93. The quantitative estimate of drug-likeness (QED) is 0.671. The fraction of sp³-hybridized carbons (Fsp3) is 0.280. The third kappa shape index (κ3) is 3.30. The minimum Gasteiger partial charge on any atom is -0.353 e. The predicted molar refractivity (Wildman–Crippen MR) is 119 cm³/mol. The first-order valence-corrected chi connectivity index (χ1v) is 10.7. The van der Waals surface area contributed by atoms with E-state index < -0.39 is 0 Å². The molecule has 1 aliphatic heterocycles. The molecule has 0 saturated carbocycles. The highest BCUT2D eigenvalue weighted by atomic mass is 32.1. The Kier molecular flexibility index (Phi) is 5.28. The van der Waals surface area contributed by atoms with Gasteiger partial charge in [-0.1, -0.05) is 30.3 Å². The molecule has 0 N–H and O–H groups in total. The average Bonchev–Trinajstić information content (AvgIpc) is 3.10. The van der Waals surface area contributed by atoms with Crippen LogP contribution in [0.15, 0.2) is 65.9 Å². The van der Waals surface area contributed by atoms with Gasteiger partial charge in [-0.3, -0.25) is 9.78 Å². The van der Waals surface area contributed by atoms with Crippen molar-refractivity contribution in [3.8, 4) is 0 Å². The summed E-state index contributed by atoms with van der Waals surface area (Å²) in [4.78, 5) is 17.9. The van der Waals surface area contributed by atoms with Crippen LogP contribution in [-0.4, -0.2) is 35.3 Å². The summed E-state index contributed by atoms with van der Waals surface area (Å²) in [6, 6.07) is 13.5. The molecule has 150 valence electrons. The van der Waals surface area contributed by atoms with Crippen LogP contribution in [0.3, 0.4) is 0 Å². The number of ketones is 1. The molecule has 4 nitrogen and oxygen atoms in total. The molecular formula is C25H21NO3S. The van der Waals surface area contributed by atoms with Gasteiger partial charge < -0.3 is 9.47 Å². The molecule has 1 aromatic heterocycles. The second kappa shape index (κ2) is 8.21. The van der Waals surface area contributed by atoms with Crippen molar-refractivity contribution in [1.82, 2.24) is 4.98 Å². The van der Waals surface area contributed by atoms with E-state index in [9.17, 15) is 4.79 Å². The van der Waals surface area contributed by atoms with Crippen molar-refractivity contribution in [2.24, 2.45) is 5.92 Å². The Labute approximate surface area is 180 Å². The van der Waals surface area contributed by atoms with E-state index in [1.165, 1.54) is 0 Å². The Balaban J connectivity index is 1.59. The smallest absolute Gasteiger partial charge is 0.190 e. The van der Waals surface area contributed by atoms with Crippen molar-refractivity contribution in [3.05, 3.63) is 82.7 Å². The largest absolute Gasteiger partial charge is 0.353 e. The molecule has 3 aliphatic rings. The molecule has 0 radical (unpaired) electrons. The summed E-state index contributed by atoms with van der Waals surface area (Å²) in [5.41, 5.74) is 5.83. The van der Waals surface area contributed by atoms with Crippen LogP contribution < -0.4 is 0 Å². The molecule has 1 aromatic carbocycles. The molecule has 0 bridgehead atoms. The van der Waals surface area contributed by atoms with Crippen molar-refractivity contribution in [2.45, 2.75) is 25.6 Å². The van der Waals surface area contributed by atoms with Crippen molar-refractivity contribution in [1.29, 1.82) is 0 Å². The minimum atomic E-state index is -0.301. The van der Waals surface area contributed by atoms with E-state index in [4.69, 9.17) is 21.7 Å². The molecule has 2 heterocycles. The fourth-order valence-electron chi connectivity index (χ4n) is 4.46. The molecular weight excluding hydrogens is 394 g/mol. The van der Waals surface area contributed by atoms with Crippen LogP contribution in [0.25, 0.3) is 11.1 Å². The lowest BCUT2D eigenvalue weighted by molar-refractivity contribution is -0.165. The first-order chi connectivity index (χ1) is 14.8. The average molecular weight is 416 g/mol. The predicted octanol–water partition coefficient (Wildman–Crippen LogP) is 4.81. The highest BCUT2D eigenvalue weighted by Gasteiger charge is 2.40. The second-order valence-corrected chi connectivity index (χ2v) is 7.88. The molecule has 5 heteroatoms. The number of hydrogen-bond donors (Lipinski definition) is 0. The molecule has 1 saturated heterocycles. The first kappa shape index (κ1) is 19.3. The monoisotopic (exact) mass is 415 g/mol. The number of nitrogens with zero attached hydrogens (tertiary/aromatic N) is 1. The summed E-state index contributed by atoms with van der Waals surface area (Å²) < 4.78 is 11.9. The summed E-state index contributed by atoms with van der Waals surface area (Å²) in [6.07, 6.45) is 6.57. The lowest BCUT2D eigenvalue weighted by atomic mass is 9.78. The number of pyridine rings is 1. The summed E-state index contributed by atoms with van der Waals surface area (Å²) >= 11 is 5.31. The van der Waals surface area contributed by atoms with Gasteiger partial charge in [0.1, 0.15) is 0 Å². The molecule has 0 amide bonds. The van der Waals surface area contributed by atoms with Gasteiger partial charge in [0.25, 0.3) is 0 Å². The second-order valence-electron chi connectivity index (χ2n) is 7.67. The van der Waals surface area contributed by atoms with Gasteiger partial charge in [0.2, 0.25) is 0 Å². The Hall–Kier alpha value is -2.69. The van der Waals surface area contributed by atoms with Crippen LogP contribution in [0, 0.1) is 5.92 Å². The van der Waals surface area contributed by atoms with E-state index in [-0.39, 0.29) is 18.0 Å². The summed E-state index contributed by atoms with van der Waals surface area (Å²) in [7, 11) is 0. The van der Waals surface area contributed by atoms with Crippen LogP contribution in [0.4, 0.5) is 0 Å². The lowest BCUT2D eigenvalue weighted by Gasteiger charge is -2.29. The van der Waals surface area contributed by atoms with Gasteiger partial charge in [-0.2, -0.15) is 0 Å². The molecule has 1 fully saturated rings. The maximum absolute atomic E-state index is 13.3. The summed E-state index contributed by atoms with van der Waals surface area (Å²) in [5.74, 6) is -0.261. The van der Waals surface area contributed by atoms with Gasteiger partial charge in [0, 0.05) is 41.0 Å². The Morgan fingerprint density at radius 2 is 1.97 bits per heavy atom. The van der Waals surface area contributed by atoms with Gasteiger partial charge in [0.05, 0.1) is 12.3 Å². The van der Waals surface area contributed by atoms with Crippen molar-refractivity contribution in [2.75, 3.05) is 13.2 Å². The number of hydrogen-bond acceptors (Lipinski definition) is 5. The topological polar surface area (TPSA) is 48.4 Å². The molecule has 2 unspecified atom stereocenters. The van der Waals surface area contributed by atoms with Crippen LogP contribution in [0.1, 0.15) is 40.9 Å². The lowest BCUT2D eigenvalue weighted by Crippen LogP contribution is -2.28. The first-order valence-electron chi connectivity index (χ1n) is 10.3. The minimum absolute atomic E-state index is 0.0397. The Bertz CT molecular complexity index is 1110. The normalized spacial score (nSPS) is 23.0. The van der Waals surface area contributed by atoms with Gasteiger partial charge >= 0.3 is 0 Å². The highest BCUT2D eigenvalue weighted by Crippen LogP contribution is 2.47. The van der Waals surface area contributed by atoms with E-state index >= 15 is 0 Å². The SMILES string of the molecule is O=C1C2=C(C=C(c3ccccn3)C(=C=S)C2COC2CCCCO2)c2ccccc21. The van der Waals surface area contributed by atoms with Gasteiger partial charge in [-0.05, 0) is 65.8 Å². The zero-order valence-corrected chi connectivity index (χ0v) is 17.3. The molecule has 5 rings (SSSR count). The maximum Gasteiger partial charge on any atom is 0.190 e. The van der Waals surface area contributed by atoms with E-state index in [0.29, 0.717) is 13.2 Å². The van der Waals surface area contributed by atoms with E-state index in [1.54, 1.807) is 6.20 Å². The molecule has 0 spiro atoms. The number of aromatic nitrogens is 1. The molecule has 2 atom stereocenters. The number of thiocarbonyl (C=S) groups is 1. The maximum atomic E-state index is 13.3. The van der Waals surface area contributed by atoms with E-state index in [1.807, 2.05) is 48.5 Å². The van der Waals surface area contributed by atoms with Crippen LogP contribution >= 0.6 is 12.2 Å². The number of carbonyl (C=O) groups excluding carboxylic acids is 1. The Morgan fingerprint density at radius 3 is 2.70 bits per heavy atom. The zero-order valence-electron chi connectivity index (χ0n) is 16.5. The van der Waals surface area contributed by atoms with Crippen LogP contribution in [0.5, 0.6) is 0 Å². The van der Waals surface area contributed by atoms with Gasteiger partial charge in [0.15, 0.2) is 12.1 Å². The Morgan fingerprint density at radius 1 is 1.13 bits per heavy atom. The fourth-order valence-corrected chi connectivity index (χ4v) is 4.71. The molecule has 2 aliphatic carbocycles. The van der Waals surface area contributed by atoms with Crippen molar-refractivity contribution < 1.29 is 14.3 Å². The van der Waals surface area contributed by atoms with Crippen molar-refractivity contribution >= 4 is 34.2 Å². The van der Waals surface area contributed by atoms with Crippen molar-refractivity contribution in [3.63, 3.8) is 0 Å². The number of benzene rings is 1. The number of carbonyl (C=O) groups is 1. The van der Waals surface area contributed by atoms with Crippen LogP contribution in [-0.2, 0) is 9.47 Å². The number of allylic oxidation sites excluding steroid dienone is 3. The number of Topliss-reactive ketones (excluding diaryl/α,β-unsaturated/α-hetero) is 1. The highest BCUT2D eigenvalue weighted by molar-refractivity contribution is 7.78. The summed E-state index contributed by atoms with van der Waals surface area (Å²) in [6.45, 7) is 1.04. The van der Waals surface area contributed by atoms with Crippen LogP contribution in [0.2, 0.25) is 0 Å². The third-order valence-corrected chi connectivity index (χ3v) is 6.13. The standard InChI is InChI=1S/C25H21NO3S/c27-25-17-8-2-1-7-16(17)19-13-18(22-9-3-5-11-26-22)21(15-30)20(24(19)25)14-29-23-10-4-6-12-28-23/h1-3,5,7-9,11,13,20,23H,4,6,10,12,14H2. The number of fused-ring (bicyclic) bond motifs is 2. The molecule has 2 aromatic rings. The number of ether oxygens (including phenoxy) is 2. The van der Waals surface area contributed by atoms with E-state index in [0.717, 1.165) is 58.4 Å². The van der Waals surface area contributed by atoms with Gasteiger partial charge in [-0.25, -0.2) is 0 Å². The molecule has 30 heavy (non-hydrogen) atoms. The third-order valence-electron chi connectivity index (χ3n) is 5.91. The number of rotatable bonds is 4. The van der Waals surface area contributed by atoms with Gasteiger partial charge in [-0.15, -0.1) is 0 Å². The zero-order chi connectivity index (χ0) is 20.5. The van der Waals surface area contributed by atoms with E-state index in [2.05, 4.69) is 10.0 Å².